The molecule has 1 nitrogen and oxygen atoms in total. The number of hydrogen-bond donors (Lipinski definition) is 0. The minimum Gasteiger partial charge on any atom is -0.293 e. The van der Waals surface area contributed by atoms with Gasteiger partial charge in [-0.25, -0.2) is 0 Å². The lowest BCUT2D eigenvalue weighted by Gasteiger charge is -2.52. The van der Waals surface area contributed by atoms with Crippen molar-refractivity contribution in [3.63, 3.8) is 0 Å². The van der Waals surface area contributed by atoms with Gasteiger partial charge >= 0.3 is 0 Å². The molecule has 0 fully saturated rings. The predicted molar refractivity (Wildman–Crippen MR) is 121 cm³/mol. The van der Waals surface area contributed by atoms with Crippen LogP contribution in [0.5, 0.6) is 0 Å². The fraction of sp³-hybridized carbons (Fsp3) is 1.00. The summed E-state index contributed by atoms with van der Waals surface area (Å²) in [4.78, 5) is 2.85. The molecule has 0 rings (SSSR count). The first-order chi connectivity index (χ1) is 11.6. The fourth-order valence-corrected chi connectivity index (χ4v) is 5.44. The van der Waals surface area contributed by atoms with Crippen LogP contribution in [0.25, 0.3) is 0 Å². The summed E-state index contributed by atoms with van der Waals surface area (Å²) in [5.74, 6) is 0. The summed E-state index contributed by atoms with van der Waals surface area (Å²) in [6, 6.07) is 0. The Morgan fingerprint density at radius 2 is 0.846 bits per heavy atom. The van der Waals surface area contributed by atoms with E-state index in [1.807, 2.05) is 0 Å². The topological polar surface area (TPSA) is 3.24 Å². The highest BCUT2D eigenvalue weighted by Crippen LogP contribution is 2.40. The molecule has 0 spiro atoms. The molecule has 0 aliphatic heterocycles. The van der Waals surface area contributed by atoms with Gasteiger partial charge in [0, 0.05) is 11.1 Å². The summed E-state index contributed by atoms with van der Waals surface area (Å²) < 4.78 is 0. The molecule has 0 aromatic rings. The van der Waals surface area contributed by atoms with Gasteiger partial charge in [0.1, 0.15) is 0 Å². The zero-order valence-corrected chi connectivity index (χ0v) is 20.5. The van der Waals surface area contributed by atoms with Crippen molar-refractivity contribution in [1.82, 2.24) is 4.90 Å². The van der Waals surface area contributed by atoms with Gasteiger partial charge in [-0.05, 0) is 64.3 Å². The second-order valence-electron chi connectivity index (χ2n) is 12.4. The minimum absolute atomic E-state index is 0.231. The zero-order valence-electron chi connectivity index (χ0n) is 20.5. The Labute approximate surface area is 167 Å². The molecule has 158 valence electrons. The van der Waals surface area contributed by atoms with Gasteiger partial charge in [-0.3, -0.25) is 4.90 Å². The lowest BCUT2D eigenvalue weighted by Crippen LogP contribution is -2.58. The monoisotopic (exact) mass is 367 g/mol. The second kappa shape index (κ2) is 10.5. The molecule has 0 saturated carbocycles. The van der Waals surface area contributed by atoms with E-state index in [0.29, 0.717) is 10.8 Å². The molecule has 0 bridgehead atoms. The normalized spacial score (nSPS) is 14.3. The quantitative estimate of drug-likeness (QED) is 0.313. The van der Waals surface area contributed by atoms with Crippen LogP contribution in [-0.4, -0.2) is 22.5 Å². The lowest BCUT2D eigenvalue weighted by molar-refractivity contribution is -0.0266. The highest BCUT2D eigenvalue weighted by molar-refractivity contribution is 4.96. The molecule has 0 aliphatic rings. The summed E-state index contributed by atoms with van der Waals surface area (Å²) in [5.41, 5.74) is 1.18. The van der Waals surface area contributed by atoms with Crippen molar-refractivity contribution in [2.24, 2.45) is 10.8 Å². The third kappa shape index (κ3) is 11.6. The van der Waals surface area contributed by atoms with Gasteiger partial charge in [-0.15, -0.1) is 0 Å². The van der Waals surface area contributed by atoms with Crippen molar-refractivity contribution in [3.8, 4) is 0 Å². The number of unbranched alkanes of at least 4 members (excludes halogenated alkanes) is 6. The Bertz CT molecular complexity index is 337. The van der Waals surface area contributed by atoms with Crippen molar-refractivity contribution in [3.05, 3.63) is 0 Å². The van der Waals surface area contributed by atoms with Crippen LogP contribution >= 0.6 is 0 Å². The first-order valence-corrected chi connectivity index (χ1v) is 11.4. The molecular weight excluding hydrogens is 314 g/mol. The Morgan fingerprint density at radius 3 is 1.19 bits per heavy atom. The second-order valence-corrected chi connectivity index (χ2v) is 12.4. The Hall–Kier alpha value is -0.0400. The summed E-state index contributed by atoms with van der Waals surface area (Å²) in [6.45, 7) is 27.8. The van der Waals surface area contributed by atoms with Gasteiger partial charge in [0.05, 0.1) is 0 Å². The molecule has 0 unspecified atom stereocenters. The standard InChI is InChI=1S/C25H53N/c1-12-13-14-15-16-17-18-19-26(24(8,9)20-22(2,3)4)25(10,11)21-23(5,6)7/h12-21H2,1-11H3. The molecule has 0 saturated heterocycles. The van der Waals surface area contributed by atoms with Crippen molar-refractivity contribution in [2.75, 3.05) is 6.54 Å². The lowest BCUT2D eigenvalue weighted by atomic mass is 9.75. The highest BCUT2D eigenvalue weighted by Gasteiger charge is 2.41. The summed E-state index contributed by atoms with van der Waals surface area (Å²) in [6.07, 6.45) is 12.2. The summed E-state index contributed by atoms with van der Waals surface area (Å²) >= 11 is 0. The largest absolute Gasteiger partial charge is 0.293 e. The molecule has 0 aliphatic carbocycles. The van der Waals surface area contributed by atoms with Gasteiger partial charge in [0.25, 0.3) is 0 Å². The molecule has 0 amide bonds. The Morgan fingerprint density at radius 1 is 0.500 bits per heavy atom. The van der Waals surface area contributed by atoms with E-state index >= 15 is 0 Å². The van der Waals surface area contributed by atoms with Crippen LogP contribution in [0.2, 0.25) is 0 Å². The van der Waals surface area contributed by atoms with Crippen LogP contribution in [0.15, 0.2) is 0 Å². The van der Waals surface area contributed by atoms with Crippen LogP contribution < -0.4 is 0 Å². The molecule has 0 heterocycles. The van der Waals surface area contributed by atoms with E-state index in [-0.39, 0.29) is 11.1 Å². The van der Waals surface area contributed by atoms with E-state index < -0.39 is 0 Å². The molecule has 26 heavy (non-hydrogen) atoms. The van der Waals surface area contributed by atoms with E-state index in [2.05, 4.69) is 81.1 Å². The third-order valence-corrected chi connectivity index (χ3v) is 5.37. The van der Waals surface area contributed by atoms with Crippen molar-refractivity contribution < 1.29 is 0 Å². The maximum atomic E-state index is 2.85. The van der Waals surface area contributed by atoms with Crippen LogP contribution in [0.4, 0.5) is 0 Å². The molecule has 0 aromatic carbocycles. The molecule has 1 heteroatoms. The number of hydrogen-bond acceptors (Lipinski definition) is 1. The average Bonchev–Trinajstić information content (AvgIpc) is 2.35. The molecule has 0 radical (unpaired) electrons. The predicted octanol–water partition coefficient (Wildman–Crippen LogP) is 8.47. The fourth-order valence-electron chi connectivity index (χ4n) is 5.44. The third-order valence-electron chi connectivity index (χ3n) is 5.37. The first kappa shape index (κ1) is 26.0. The van der Waals surface area contributed by atoms with Gasteiger partial charge in [-0.1, -0.05) is 87.0 Å². The van der Waals surface area contributed by atoms with Crippen molar-refractivity contribution in [1.29, 1.82) is 0 Å². The zero-order chi connectivity index (χ0) is 20.6. The van der Waals surface area contributed by atoms with E-state index in [1.54, 1.807) is 0 Å². The molecule has 0 N–H and O–H groups in total. The SMILES string of the molecule is CCCCCCCCCN(C(C)(C)CC(C)(C)C)C(C)(C)CC(C)(C)C. The Balaban J connectivity index is 5.00. The van der Waals surface area contributed by atoms with Gasteiger partial charge in [-0.2, -0.15) is 0 Å². The Kier molecular flexibility index (Phi) is 10.5. The maximum Gasteiger partial charge on any atom is 0.0163 e. The molecular formula is C25H53N. The van der Waals surface area contributed by atoms with E-state index in [1.165, 1.54) is 64.3 Å². The van der Waals surface area contributed by atoms with E-state index in [4.69, 9.17) is 0 Å². The van der Waals surface area contributed by atoms with Gasteiger partial charge in [0.15, 0.2) is 0 Å². The number of nitrogens with zero attached hydrogens (tertiary/aromatic N) is 1. The first-order valence-electron chi connectivity index (χ1n) is 11.4. The number of rotatable bonds is 12. The average molecular weight is 368 g/mol. The summed E-state index contributed by atoms with van der Waals surface area (Å²) in [5, 5.41) is 0. The van der Waals surface area contributed by atoms with Crippen molar-refractivity contribution in [2.45, 2.75) is 145 Å². The molecule has 0 aromatic heterocycles. The maximum absolute atomic E-state index is 2.85. The minimum atomic E-state index is 0.231. The van der Waals surface area contributed by atoms with Crippen molar-refractivity contribution >= 4 is 0 Å². The van der Waals surface area contributed by atoms with Crippen LogP contribution in [0, 0.1) is 10.8 Å². The van der Waals surface area contributed by atoms with Crippen LogP contribution in [-0.2, 0) is 0 Å². The molecule has 0 atom stereocenters. The smallest absolute Gasteiger partial charge is 0.0163 e. The van der Waals surface area contributed by atoms with Gasteiger partial charge < -0.3 is 0 Å². The highest BCUT2D eigenvalue weighted by atomic mass is 15.2. The summed E-state index contributed by atoms with van der Waals surface area (Å²) in [7, 11) is 0. The van der Waals surface area contributed by atoms with E-state index in [0.717, 1.165) is 0 Å². The van der Waals surface area contributed by atoms with E-state index in [9.17, 15) is 0 Å². The van der Waals surface area contributed by atoms with Crippen LogP contribution in [0.3, 0.4) is 0 Å². The van der Waals surface area contributed by atoms with Gasteiger partial charge in [0.2, 0.25) is 0 Å². The van der Waals surface area contributed by atoms with Crippen LogP contribution in [0.1, 0.15) is 134 Å².